The molecule has 98 valence electrons. The molecule has 0 atom stereocenters. The van der Waals surface area contributed by atoms with Crippen molar-refractivity contribution in [2.75, 3.05) is 0 Å². The third-order valence-electron chi connectivity index (χ3n) is 2.80. The third-order valence-corrected chi connectivity index (χ3v) is 2.80. The highest BCUT2D eigenvalue weighted by molar-refractivity contribution is 5.73. The molecular formula is C16H12N2O2. The molecule has 2 aromatic carbocycles. The van der Waals surface area contributed by atoms with E-state index in [0.717, 1.165) is 5.56 Å². The maximum Gasteiger partial charge on any atom is 0.254 e. The lowest BCUT2D eigenvalue weighted by Gasteiger charge is -1.96. The minimum atomic E-state index is 0.0915. The van der Waals surface area contributed by atoms with Gasteiger partial charge in [0.25, 0.3) is 5.89 Å². The molecule has 0 saturated carbocycles. The fourth-order valence-electron chi connectivity index (χ4n) is 1.81. The first-order valence-electron chi connectivity index (χ1n) is 6.18. The van der Waals surface area contributed by atoms with Crippen molar-refractivity contribution in [1.29, 1.82) is 0 Å². The van der Waals surface area contributed by atoms with Crippen LogP contribution in [0.1, 0.15) is 11.5 Å². The fraction of sp³-hybridized carbons (Fsp3) is 0. The number of hydrogen-bond acceptors (Lipinski definition) is 4. The predicted octanol–water partition coefficient (Wildman–Crippen LogP) is 3.79. The Morgan fingerprint density at radius 1 is 0.950 bits per heavy atom. The van der Waals surface area contributed by atoms with Crippen molar-refractivity contribution in [3.05, 3.63) is 72.1 Å². The van der Waals surface area contributed by atoms with E-state index in [2.05, 4.69) is 10.1 Å². The molecule has 0 saturated heterocycles. The summed E-state index contributed by atoms with van der Waals surface area (Å²) >= 11 is 0. The van der Waals surface area contributed by atoms with Gasteiger partial charge in [0.1, 0.15) is 5.76 Å². The lowest BCUT2D eigenvalue weighted by atomic mass is 10.2. The molecule has 0 unspecified atom stereocenters. The van der Waals surface area contributed by atoms with E-state index in [-0.39, 0.29) is 11.6 Å². The molecule has 0 aliphatic carbocycles. The first kappa shape index (κ1) is 12.2. The number of aromatic nitrogens is 2. The standard InChI is InChI=1S/C16H12N2O2/c19-14(12-7-3-1-4-8-12)11-15-17-16(18-20-15)13-9-5-2-6-10-13/h1-11,19H. The van der Waals surface area contributed by atoms with E-state index in [9.17, 15) is 5.11 Å². The number of nitrogens with zero attached hydrogens (tertiary/aromatic N) is 2. The molecule has 4 nitrogen and oxygen atoms in total. The smallest absolute Gasteiger partial charge is 0.254 e. The summed E-state index contributed by atoms with van der Waals surface area (Å²) < 4.78 is 5.11. The van der Waals surface area contributed by atoms with Crippen LogP contribution in [0.4, 0.5) is 0 Å². The van der Waals surface area contributed by atoms with Gasteiger partial charge in [-0.2, -0.15) is 4.98 Å². The van der Waals surface area contributed by atoms with Gasteiger partial charge < -0.3 is 9.63 Å². The van der Waals surface area contributed by atoms with E-state index in [1.54, 1.807) is 12.1 Å². The Hall–Kier alpha value is -2.88. The van der Waals surface area contributed by atoms with Gasteiger partial charge in [-0.05, 0) is 0 Å². The van der Waals surface area contributed by atoms with Gasteiger partial charge in [-0.15, -0.1) is 0 Å². The van der Waals surface area contributed by atoms with Crippen LogP contribution in [0, 0.1) is 0 Å². The van der Waals surface area contributed by atoms with Crippen LogP contribution < -0.4 is 0 Å². The van der Waals surface area contributed by atoms with Gasteiger partial charge in [0.15, 0.2) is 0 Å². The zero-order valence-electron chi connectivity index (χ0n) is 10.6. The van der Waals surface area contributed by atoms with Gasteiger partial charge in [0, 0.05) is 17.2 Å². The Morgan fingerprint density at radius 3 is 2.30 bits per heavy atom. The fourth-order valence-corrected chi connectivity index (χ4v) is 1.81. The molecule has 0 amide bonds. The van der Waals surface area contributed by atoms with Crippen molar-refractivity contribution >= 4 is 11.8 Å². The average Bonchev–Trinajstić information content (AvgIpc) is 2.97. The highest BCUT2D eigenvalue weighted by Crippen LogP contribution is 2.18. The van der Waals surface area contributed by atoms with Crippen molar-refractivity contribution < 1.29 is 9.63 Å². The van der Waals surface area contributed by atoms with Crippen LogP contribution in [0.5, 0.6) is 0 Å². The maximum atomic E-state index is 9.99. The first-order chi connectivity index (χ1) is 9.83. The lowest BCUT2D eigenvalue weighted by Crippen LogP contribution is -1.83. The highest BCUT2D eigenvalue weighted by atomic mass is 16.5. The molecule has 0 bridgehead atoms. The van der Waals surface area contributed by atoms with E-state index in [4.69, 9.17) is 4.52 Å². The summed E-state index contributed by atoms with van der Waals surface area (Å²) in [6.07, 6.45) is 1.45. The Balaban J connectivity index is 1.88. The topological polar surface area (TPSA) is 59.2 Å². The summed E-state index contributed by atoms with van der Waals surface area (Å²) in [4.78, 5) is 4.23. The molecular weight excluding hydrogens is 252 g/mol. The lowest BCUT2D eigenvalue weighted by molar-refractivity contribution is 0.409. The van der Waals surface area contributed by atoms with Crippen LogP contribution in [-0.2, 0) is 0 Å². The molecule has 1 N–H and O–H groups in total. The van der Waals surface area contributed by atoms with E-state index in [1.807, 2.05) is 48.5 Å². The van der Waals surface area contributed by atoms with Crippen LogP contribution >= 0.6 is 0 Å². The second kappa shape index (κ2) is 5.40. The Morgan fingerprint density at radius 2 is 1.60 bits per heavy atom. The number of hydrogen-bond donors (Lipinski definition) is 1. The Kier molecular flexibility index (Phi) is 3.29. The molecule has 3 rings (SSSR count). The first-order valence-corrected chi connectivity index (χ1v) is 6.18. The molecule has 0 fully saturated rings. The molecule has 1 aromatic heterocycles. The third kappa shape index (κ3) is 2.59. The summed E-state index contributed by atoms with van der Waals surface area (Å²) in [5.41, 5.74) is 1.57. The molecule has 0 spiro atoms. The van der Waals surface area contributed by atoms with Crippen LogP contribution in [0.15, 0.2) is 65.2 Å². The normalized spacial score (nSPS) is 11.5. The van der Waals surface area contributed by atoms with Gasteiger partial charge >= 0.3 is 0 Å². The Labute approximate surface area is 116 Å². The highest BCUT2D eigenvalue weighted by Gasteiger charge is 2.07. The number of rotatable bonds is 3. The van der Waals surface area contributed by atoms with Crippen molar-refractivity contribution in [3.8, 4) is 11.4 Å². The molecule has 3 aromatic rings. The van der Waals surface area contributed by atoms with Crippen LogP contribution in [0.25, 0.3) is 23.2 Å². The summed E-state index contributed by atoms with van der Waals surface area (Å²) in [6, 6.07) is 18.7. The minimum absolute atomic E-state index is 0.0915. The molecule has 4 heteroatoms. The van der Waals surface area contributed by atoms with Crippen LogP contribution in [-0.4, -0.2) is 15.2 Å². The summed E-state index contributed by atoms with van der Waals surface area (Å²) in [5, 5.41) is 13.9. The second-order valence-corrected chi connectivity index (χ2v) is 4.22. The zero-order chi connectivity index (χ0) is 13.8. The van der Waals surface area contributed by atoms with Crippen molar-refractivity contribution in [1.82, 2.24) is 10.1 Å². The molecule has 0 radical (unpaired) electrons. The second-order valence-electron chi connectivity index (χ2n) is 4.22. The number of benzene rings is 2. The van der Waals surface area contributed by atoms with Crippen molar-refractivity contribution in [2.45, 2.75) is 0 Å². The van der Waals surface area contributed by atoms with E-state index in [1.165, 1.54) is 6.08 Å². The van der Waals surface area contributed by atoms with Gasteiger partial charge in [-0.3, -0.25) is 0 Å². The zero-order valence-corrected chi connectivity index (χ0v) is 10.6. The summed E-state index contributed by atoms with van der Waals surface area (Å²) in [7, 11) is 0. The summed E-state index contributed by atoms with van der Waals surface area (Å²) in [5.74, 6) is 0.858. The quantitative estimate of drug-likeness (QED) is 0.731. The number of aliphatic hydroxyl groups is 1. The maximum absolute atomic E-state index is 9.99. The van der Waals surface area contributed by atoms with Crippen LogP contribution in [0.3, 0.4) is 0 Å². The van der Waals surface area contributed by atoms with Crippen LogP contribution in [0.2, 0.25) is 0 Å². The molecule has 20 heavy (non-hydrogen) atoms. The van der Waals surface area contributed by atoms with Gasteiger partial charge in [0.2, 0.25) is 5.82 Å². The number of aliphatic hydroxyl groups excluding tert-OH is 1. The summed E-state index contributed by atoms with van der Waals surface area (Å²) in [6.45, 7) is 0. The molecule has 0 aliphatic heterocycles. The predicted molar refractivity (Wildman–Crippen MR) is 76.7 cm³/mol. The van der Waals surface area contributed by atoms with Crippen molar-refractivity contribution in [2.24, 2.45) is 0 Å². The van der Waals surface area contributed by atoms with E-state index in [0.29, 0.717) is 11.4 Å². The molecule has 1 heterocycles. The van der Waals surface area contributed by atoms with Crippen molar-refractivity contribution in [3.63, 3.8) is 0 Å². The minimum Gasteiger partial charge on any atom is -0.507 e. The van der Waals surface area contributed by atoms with Gasteiger partial charge in [-0.1, -0.05) is 65.8 Å². The van der Waals surface area contributed by atoms with Gasteiger partial charge in [0.05, 0.1) is 0 Å². The molecule has 0 aliphatic rings. The van der Waals surface area contributed by atoms with E-state index < -0.39 is 0 Å². The Bertz CT molecular complexity index is 719. The average molecular weight is 264 g/mol. The van der Waals surface area contributed by atoms with E-state index >= 15 is 0 Å². The SMILES string of the molecule is OC(=Cc1nc(-c2ccccc2)no1)c1ccccc1. The monoisotopic (exact) mass is 264 g/mol. The van der Waals surface area contributed by atoms with Gasteiger partial charge in [-0.25, -0.2) is 0 Å². The largest absolute Gasteiger partial charge is 0.507 e.